The van der Waals surface area contributed by atoms with Gasteiger partial charge in [-0.2, -0.15) is 5.10 Å². The molecule has 0 bridgehead atoms. The number of nitrogens with two attached hydrogens (primary N) is 1. The third-order valence-corrected chi connectivity index (χ3v) is 3.27. The summed E-state index contributed by atoms with van der Waals surface area (Å²) < 4.78 is 7.29. The molecule has 0 aliphatic rings. The zero-order valence-corrected chi connectivity index (χ0v) is 12.1. The van der Waals surface area contributed by atoms with Crippen LogP contribution in [0.4, 0.5) is 0 Å². The van der Waals surface area contributed by atoms with Gasteiger partial charge in [-0.3, -0.25) is 16.0 Å². The first-order valence-corrected chi connectivity index (χ1v) is 6.68. The lowest BCUT2D eigenvalue weighted by Crippen LogP contribution is -2.30. The Morgan fingerprint density at radius 1 is 1.50 bits per heavy atom. The molecule has 0 spiro atoms. The van der Waals surface area contributed by atoms with Crippen LogP contribution in [0.25, 0.3) is 0 Å². The molecule has 0 aliphatic carbocycles. The molecule has 2 heterocycles. The van der Waals surface area contributed by atoms with Crippen molar-refractivity contribution in [2.75, 3.05) is 7.11 Å². The highest BCUT2D eigenvalue weighted by Gasteiger charge is 2.18. The van der Waals surface area contributed by atoms with E-state index in [0.29, 0.717) is 5.88 Å². The van der Waals surface area contributed by atoms with E-state index in [1.165, 1.54) is 0 Å². The maximum absolute atomic E-state index is 5.71. The number of hydrazine groups is 1. The van der Waals surface area contributed by atoms with Gasteiger partial charge in [0.2, 0.25) is 5.88 Å². The van der Waals surface area contributed by atoms with Crippen molar-refractivity contribution >= 4 is 0 Å². The second-order valence-corrected chi connectivity index (χ2v) is 4.62. The summed E-state index contributed by atoms with van der Waals surface area (Å²) in [6.45, 7) is 4.90. The number of aromatic nitrogens is 3. The summed E-state index contributed by atoms with van der Waals surface area (Å²) in [6, 6.07) is 5.86. The Balaban J connectivity index is 2.28. The first-order valence-electron chi connectivity index (χ1n) is 6.68. The fourth-order valence-corrected chi connectivity index (χ4v) is 2.34. The summed E-state index contributed by atoms with van der Waals surface area (Å²) in [7, 11) is 1.61. The van der Waals surface area contributed by atoms with Crippen LogP contribution in [0, 0.1) is 6.92 Å². The average molecular weight is 275 g/mol. The second-order valence-electron chi connectivity index (χ2n) is 4.62. The maximum Gasteiger partial charge on any atom is 0.217 e. The molecule has 0 aliphatic heterocycles. The Hall–Kier alpha value is -1.92. The molecule has 108 valence electrons. The maximum atomic E-state index is 5.71. The summed E-state index contributed by atoms with van der Waals surface area (Å²) in [5, 5.41) is 4.45. The molecule has 0 fully saturated rings. The Labute approximate surface area is 118 Å². The Kier molecular flexibility index (Phi) is 4.70. The predicted octanol–water partition coefficient (Wildman–Crippen LogP) is 1.36. The van der Waals surface area contributed by atoms with E-state index in [1.807, 2.05) is 23.7 Å². The lowest BCUT2D eigenvalue weighted by molar-refractivity contribution is 0.381. The Morgan fingerprint density at radius 2 is 2.30 bits per heavy atom. The number of rotatable bonds is 6. The Bertz CT molecular complexity index is 566. The molecule has 3 N–H and O–H groups in total. The minimum Gasteiger partial charge on any atom is -0.481 e. The van der Waals surface area contributed by atoms with Crippen LogP contribution in [0.5, 0.6) is 5.88 Å². The fourth-order valence-electron chi connectivity index (χ4n) is 2.34. The summed E-state index contributed by atoms with van der Waals surface area (Å²) in [6.07, 6.45) is 2.43. The van der Waals surface area contributed by atoms with Crippen molar-refractivity contribution in [2.45, 2.75) is 32.9 Å². The molecule has 0 aromatic carbocycles. The van der Waals surface area contributed by atoms with Crippen molar-refractivity contribution in [2.24, 2.45) is 5.84 Å². The van der Waals surface area contributed by atoms with Gasteiger partial charge < -0.3 is 4.74 Å². The third kappa shape index (κ3) is 2.97. The van der Waals surface area contributed by atoms with Crippen molar-refractivity contribution in [1.82, 2.24) is 20.2 Å². The van der Waals surface area contributed by atoms with Crippen molar-refractivity contribution in [3.8, 4) is 5.88 Å². The van der Waals surface area contributed by atoms with E-state index in [-0.39, 0.29) is 6.04 Å². The molecule has 1 atom stereocenters. The van der Waals surface area contributed by atoms with Gasteiger partial charge in [0.15, 0.2) is 0 Å². The van der Waals surface area contributed by atoms with E-state index in [2.05, 4.69) is 28.5 Å². The molecule has 6 nitrogen and oxygen atoms in total. The number of ether oxygens (including phenoxy) is 1. The zero-order valence-electron chi connectivity index (χ0n) is 12.1. The minimum absolute atomic E-state index is 0.0694. The van der Waals surface area contributed by atoms with Gasteiger partial charge in [0, 0.05) is 30.4 Å². The van der Waals surface area contributed by atoms with E-state index in [0.717, 1.165) is 29.9 Å². The van der Waals surface area contributed by atoms with Crippen LogP contribution in [0.1, 0.15) is 29.9 Å². The number of hydrogen-bond acceptors (Lipinski definition) is 5. The van der Waals surface area contributed by atoms with Crippen LogP contribution < -0.4 is 16.0 Å². The summed E-state index contributed by atoms with van der Waals surface area (Å²) in [5.74, 6) is 6.30. The molecule has 2 aromatic heterocycles. The molecule has 0 radical (unpaired) electrons. The summed E-state index contributed by atoms with van der Waals surface area (Å²) in [4.78, 5) is 4.22. The highest BCUT2D eigenvalue weighted by molar-refractivity contribution is 5.30. The molecule has 20 heavy (non-hydrogen) atoms. The molecular formula is C14H21N5O. The van der Waals surface area contributed by atoms with Crippen LogP contribution in [0.3, 0.4) is 0 Å². The third-order valence-electron chi connectivity index (χ3n) is 3.27. The monoisotopic (exact) mass is 275 g/mol. The van der Waals surface area contributed by atoms with Gasteiger partial charge in [-0.1, -0.05) is 6.07 Å². The van der Waals surface area contributed by atoms with Gasteiger partial charge in [-0.05, 0) is 26.0 Å². The van der Waals surface area contributed by atoms with Gasteiger partial charge >= 0.3 is 0 Å². The molecule has 0 saturated carbocycles. The summed E-state index contributed by atoms with van der Waals surface area (Å²) >= 11 is 0. The lowest BCUT2D eigenvalue weighted by atomic mass is 10.0. The number of hydrogen-bond donors (Lipinski definition) is 2. The summed E-state index contributed by atoms with van der Waals surface area (Å²) in [5.41, 5.74) is 5.93. The van der Waals surface area contributed by atoms with E-state index < -0.39 is 0 Å². The molecule has 2 rings (SSSR count). The second kappa shape index (κ2) is 6.49. The zero-order chi connectivity index (χ0) is 14.5. The standard InChI is InChI=1S/C14H21N5O/c1-4-19-11(8-10(2)18-19)9-13(17-15)12-6-5-7-16-14(12)20-3/h5-8,13,17H,4,9,15H2,1-3H3. The molecule has 0 saturated heterocycles. The van der Waals surface area contributed by atoms with Gasteiger partial charge in [0.25, 0.3) is 0 Å². The predicted molar refractivity (Wildman–Crippen MR) is 77.2 cm³/mol. The molecule has 0 amide bonds. The highest BCUT2D eigenvalue weighted by atomic mass is 16.5. The van der Waals surface area contributed by atoms with Crippen LogP contribution in [-0.2, 0) is 13.0 Å². The van der Waals surface area contributed by atoms with Crippen LogP contribution in [0.2, 0.25) is 0 Å². The fraction of sp³-hybridized carbons (Fsp3) is 0.429. The number of nitrogens with one attached hydrogen (secondary N) is 1. The number of aryl methyl sites for hydroxylation is 2. The quantitative estimate of drug-likeness (QED) is 0.615. The van der Waals surface area contributed by atoms with Crippen molar-refractivity contribution in [1.29, 1.82) is 0 Å². The topological polar surface area (TPSA) is 78.0 Å². The van der Waals surface area contributed by atoms with Crippen molar-refractivity contribution in [3.63, 3.8) is 0 Å². The lowest BCUT2D eigenvalue weighted by Gasteiger charge is -2.18. The van der Waals surface area contributed by atoms with Gasteiger partial charge in [-0.15, -0.1) is 0 Å². The van der Waals surface area contributed by atoms with E-state index in [9.17, 15) is 0 Å². The van der Waals surface area contributed by atoms with Gasteiger partial charge in [-0.25, -0.2) is 4.98 Å². The van der Waals surface area contributed by atoms with Crippen molar-refractivity contribution < 1.29 is 4.74 Å². The largest absolute Gasteiger partial charge is 0.481 e. The molecule has 6 heteroatoms. The number of pyridine rings is 1. The van der Waals surface area contributed by atoms with Crippen molar-refractivity contribution in [3.05, 3.63) is 41.3 Å². The molecular weight excluding hydrogens is 254 g/mol. The van der Waals surface area contributed by atoms with Gasteiger partial charge in [0.05, 0.1) is 18.8 Å². The molecule has 1 unspecified atom stereocenters. The van der Waals surface area contributed by atoms with Gasteiger partial charge in [0.1, 0.15) is 0 Å². The highest BCUT2D eigenvalue weighted by Crippen LogP contribution is 2.25. The van der Waals surface area contributed by atoms with E-state index >= 15 is 0 Å². The number of nitrogens with zero attached hydrogens (tertiary/aromatic N) is 3. The van der Waals surface area contributed by atoms with Crippen LogP contribution >= 0.6 is 0 Å². The smallest absolute Gasteiger partial charge is 0.217 e. The SMILES string of the molecule is CCn1nc(C)cc1CC(NN)c1cccnc1OC. The first kappa shape index (κ1) is 14.5. The van der Waals surface area contributed by atoms with Crippen LogP contribution in [-0.4, -0.2) is 21.9 Å². The molecule has 2 aromatic rings. The number of methoxy groups -OCH3 is 1. The minimum atomic E-state index is -0.0694. The normalized spacial score (nSPS) is 12.4. The van der Waals surface area contributed by atoms with E-state index in [1.54, 1.807) is 13.3 Å². The van der Waals surface area contributed by atoms with Crippen LogP contribution in [0.15, 0.2) is 24.4 Å². The van der Waals surface area contributed by atoms with E-state index in [4.69, 9.17) is 10.6 Å². The average Bonchev–Trinajstić information content (AvgIpc) is 2.84. The first-order chi connectivity index (χ1) is 9.69. The Morgan fingerprint density at radius 3 is 2.95 bits per heavy atom.